The molecule has 1 aliphatic heterocycles. The highest BCUT2D eigenvalue weighted by molar-refractivity contribution is 5.63. The largest absolute Gasteiger partial charge is 0.389 e. The third-order valence-corrected chi connectivity index (χ3v) is 4.92. The number of aliphatic hydroxyl groups is 1. The minimum Gasteiger partial charge on any atom is -0.389 e. The fraction of sp³-hybridized carbons (Fsp3) is 0.643. The molecule has 1 aliphatic carbocycles. The number of piperidine rings is 1. The second kappa shape index (κ2) is 4.41. The molecule has 1 N–H and O–H groups in total. The third-order valence-electron chi connectivity index (χ3n) is 4.92. The first kappa shape index (κ1) is 12.1. The van der Waals surface area contributed by atoms with E-state index in [0.29, 0.717) is 5.92 Å². The number of hydrogen-bond donors (Lipinski definition) is 1. The Balaban J connectivity index is 1.65. The van der Waals surface area contributed by atoms with Gasteiger partial charge in [-0.25, -0.2) is 4.98 Å². The minimum absolute atomic E-state index is 0.356. The van der Waals surface area contributed by atoms with Crippen LogP contribution in [-0.2, 0) is 0 Å². The van der Waals surface area contributed by atoms with E-state index in [0.717, 1.165) is 50.2 Å². The SMILES string of the molecule is OC12CCCCC1CN(c1nccn3cnnc13)CC2. The van der Waals surface area contributed by atoms with Gasteiger partial charge in [-0.1, -0.05) is 12.8 Å². The molecule has 0 radical (unpaired) electrons. The van der Waals surface area contributed by atoms with Gasteiger partial charge in [-0.2, -0.15) is 0 Å². The van der Waals surface area contributed by atoms with Crippen LogP contribution in [0.5, 0.6) is 0 Å². The van der Waals surface area contributed by atoms with E-state index >= 15 is 0 Å². The average molecular weight is 273 g/mol. The lowest BCUT2D eigenvalue weighted by Crippen LogP contribution is -2.53. The van der Waals surface area contributed by atoms with Crippen LogP contribution in [0, 0.1) is 5.92 Å². The second-order valence-corrected chi connectivity index (χ2v) is 6.05. The highest BCUT2D eigenvalue weighted by Crippen LogP contribution is 2.40. The standard InChI is InChI=1S/C14H19N5O/c20-14-4-2-1-3-11(14)9-18(7-5-14)12-13-17-16-10-19(13)8-6-15-12/h6,8,10-11,20H,1-5,7,9H2. The average Bonchev–Trinajstić information content (AvgIpc) is 2.94. The van der Waals surface area contributed by atoms with E-state index in [1.807, 2.05) is 10.6 Å². The van der Waals surface area contributed by atoms with Crippen LogP contribution in [0.1, 0.15) is 32.1 Å². The van der Waals surface area contributed by atoms with Crippen molar-refractivity contribution in [1.82, 2.24) is 19.6 Å². The summed E-state index contributed by atoms with van der Waals surface area (Å²) >= 11 is 0. The lowest BCUT2D eigenvalue weighted by molar-refractivity contribution is -0.0613. The van der Waals surface area contributed by atoms with Crippen LogP contribution < -0.4 is 4.90 Å². The predicted molar refractivity (Wildman–Crippen MR) is 74.5 cm³/mol. The van der Waals surface area contributed by atoms with Crippen molar-refractivity contribution >= 4 is 11.5 Å². The number of rotatable bonds is 1. The van der Waals surface area contributed by atoms with Gasteiger partial charge in [-0.15, -0.1) is 10.2 Å². The summed E-state index contributed by atoms with van der Waals surface area (Å²) in [5.74, 6) is 1.24. The highest BCUT2D eigenvalue weighted by atomic mass is 16.3. The minimum atomic E-state index is -0.451. The Hall–Kier alpha value is -1.69. The molecule has 2 atom stereocenters. The van der Waals surface area contributed by atoms with Crippen LogP contribution in [0.25, 0.3) is 5.65 Å². The Morgan fingerprint density at radius 1 is 1.30 bits per heavy atom. The molecule has 2 fully saturated rings. The van der Waals surface area contributed by atoms with Crippen LogP contribution in [0.15, 0.2) is 18.7 Å². The van der Waals surface area contributed by atoms with Gasteiger partial charge in [-0.3, -0.25) is 4.40 Å². The molecule has 0 aromatic carbocycles. The molecule has 1 saturated carbocycles. The number of anilines is 1. The van der Waals surface area contributed by atoms with E-state index in [1.54, 1.807) is 12.5 Å². The summed E-state index contributed by atoms with van der Waals surface area (Å²) in [4.78, 5) is 6.74. The first-order valence-electron chi connectivity index (χ1n) is 7.38. The van der Waals surface area contributed by atoms with E-state index in [-0.39, 0.29) is 0 Å². The van der Waals surface area contributed by atoms with Crippen LogP contribution in [-0.4, -0.2) is 43.4 Å². The Morgan fingerprint density at radius 3 is 3.20 bits per heavy atom. The van der Waals surface area contributed by atoms with Crippen LogP contribution >= 0.6 is 0 Å². The predicted octanol–water partition coefficient (Wildman–Crippen LogP) is 1.26. The first-order valence-corrected chi connectivity index (χ1v) is 7.38. The summed E-state index contributed by atoms with van der Waals surface area (Å²) in [7, 11) is 0. The molecule has 3 heterocycles. The van der Waals surface area contributed by atoms with E-state index in [4.69, 9.17) is 0 Å². The lowest BCUT2D eigenvalue weighted by atomic mass is 9.71. The summed E-state index contributed by atoms with van der Waals surface area (Å²) in [5.41, 5.74) is 0.349. The Kier molecular flexibility index (Phi) is 2.66. The third kappa shape index (κ3) is 1.78. The van der Waals surface area contributed by atoms with Crippen LogP contribution in [0.3, 0.4) is 0 Å². The molecular formula is C14H19N5O. The zero-order valence-electron chi connectivity index (χ0n) is 11.4. The van der Waals surface area contributed by atoms with Crippen molar-refractivity contribution in [3.8, 4) is 0 Å². The molecule has 6 heteroatoms. The van der Waals surface area contributed by atoms with E-state index in [9.17, 15) is 5.11 Å². The molecule has 2 unspecified atom stereocenters. The Morgan fingerprint density at radius 2 is 2.25 bits per heavy atom. The van der Waals surface area contributed by atoms with Crippen LogP contribution in [0.4, 0.5) is 5.82 Å². The molecule has 4 rings (SSSR count). The van der Waals surface area contributed by atoms with Crippen molar-refractivity contribution in [2.45, 2.75) is 37.7 Å². The van der Waals surface area contributed by atoms with Crippen molar-refractivity contribution in [2.75, 3.05) is 18.0 Å². The molecule has 1 saturated heterocycles. The molecule has 6 nitrogen and oxygen atoms in total. The lowest BCUT2D eigenvalue weighted by Gasteiger charge is -2.47. The van der Waals surface area contributed by atoms with E-state index in [1.165, 1.54) is 6.42 Å². The topological polar surface area (TPSA) is 66.5 Å². The number of aromatic nitrogens is 4. The normalized spacial score (nSPS) is 30.4. The molecular weight excluding hydrogens is 254 g/mol. The summed E-state index contributed by atoms with van der Waals surface area (Å²) in [6, 6.07) is 0. The van der Waals surface area contributed by atoms with Gasteiger partial charge in [0.25, 0.3) is 0 Å². The molecule has 0 amide bonds. The summed E-state index contributed by atoms with van der Waals surface area (Å²) in [6.45, 7) is 1.71. The number of hydrogen-bond acceptors (Lipinski definition) is 5. The van der Waals surface area contributed by atoms with Crippen LogP contribution in [0.2, 0.25) is 0 Å². The maximum atomic E-state index is 10.7. The van der Waals surface area contributed by atoms with Crippen molar-refractivity contribution in [3.63, 3.8) is 0 Å². The fourth-order valence-electron chi connectivity index (χ4n) is 3.73. The Labute approximate surface area is 117 Å². The zero-order chi connectivity index (χ0) is 13.6. The van der Waals surface area contributed by atoms with Crippen molar-refractivity contribution in [3.05, 3.63) is 18.7 Å². The highest BCUT2D eigenvalue weighted by Gasteiger charge is 2.43. The van der Waals surface area contributed by atoms with Gasteiger partial charge in [0.05, 0.1) is 5.60 Å². The maximum absolute atomic E-state index is 10.7. The first-order chi connectivity index (χ1) is 9.76. The van der Waals surface area contributed by atoms with E-state index in [2.05, 4.69) is 20.1 Å². The zero-order valence-corrected chi connectivity index (χ0v) is 11.4. The summed E-state index contributed by atoms with van der Waals surface area (Å²) in [6.07, 6.45) is 10.6. The number of nitrogens with zero attached hydrogens (tertiary/aromatic N) is 5. The molecule has 2 aliphatic rings. The van der Waals surface area contributed by atoms with Gasteiger partial charge >= 0.3 is 0 Å². The van der Waals surface area contributed by atoms with Gasteiger partial charge in [0.15, 0.2) is 5.82 Å². The molecule has 0 bridgehead atoms. The van der Waals surface area contributed by atoms with Crippen molar-refractivity contribution in [2.24, 2.45) is 5.92 Å². The monoisotopic (exact) mass is 273 g/mol. The Bertz CT molecular complexity index is 627. The smallest absolute Gasteiger partial charge is 0.203 e. The second-order valence-electron chi connectivity index (χ2n) is 6.05. The quantitative estimate of drug-likeness (QED) is 0.847. The molecule has 2 aromatic rings. The molecule has 2 aromatic heterocycles. The van der Waals surface area contributed by atoms with Gasteiger partial charge in [0.1, 0.15) is 6.33 Å². The van der Waals surface area contributed by atoms with Crippen molar-refractivity contribution < 1.29 is 5.11 Å². The fourth-order valence-corrected chi connectivity index (χ4v) is 3.73. The van der Waals surface area contributed by atoms with E-state index < -0.39 is 5.60 Å². The molecule has 0 spiro atoms. The molecule has 106 valence electrons. The summed E-state index contributed by atoms with van der Waals surface area (Å²) in [5, 5.41) is 18.9. The number of fused-ring (bicyclic) bond motifs is 2. The van der Waals surface area contributed by atoms with Gasteiger partial charge in [0.2, 0.25) is 5.65 Å². The van der Waals surface area contributed by atoms with Crippen molar-refractivity contribution in [1.29, 1.82) is 0 Å². The summed E-state index contributed by atoms with van der Waals surface area (Å²) < 4.78 is 1.89. The van der Waals surface area contributed by atoms with Gasteiger partial charge in [0, 0.05) is 31.4 Å². The molecule has 20 heavy (non-hydrogen) atoms. The maximum Gasteiger partial charge on any atom is 0.203 e. The van der Waals surface area contributed by atoms with Gasteiger partial charge in [-0.05, 0) is 19.3 Å². The van der Waals surface area contributed by atoms with Gasteiger partial charge < -0.3 is 10.0 Å².